The Balaban J connectivity index is 3.47. The molecule has 0 heterocycles. The molecule has 0 aliphatic rings. The third kappa shape index (κ3) is 2.42. The van der Waals surface area contributed by atoms with Gasteiger partial charge in [0.15, 0.2) is 0 Å². The Morgan fingerprint density at radius 3 is 2.06 bits per heavy atom. The molecule has 0 fully saturated rings. The van der Waals surface area contributed by atoms with Crippen LogP contribution < -0.4 is 0 Å². The summed E-state index contributed by atoms with van der Waals surface area (Å²) in [5, 5.41) is -1.73. The van der Waals surface area contributed by atoms with Gasteiger partial charge in [0.1, 0.15) is 5.82 Å². The first kappa shape index (κ1) is 13.5. The minimum Gasteiger partial charge on any atom is -0.284 e. The number of carbonyl (C=O) groups is 1. The topological polar surface area (TPSA) is 17.1 Å². The molecule has 0 amide bonds. The zero-order valence-corrected chi connectivity index (χ0v) is 9.40. The maximum atomic E-state index is 13.1. The van der Waals surface area contributed by atoms with Crippen LogP contribution in [0.4, 0.5) is 17.6 Å². The molecule has 0 radical (unpaired) electrons. The zero-order valence-electron chi connectivity index (χ0n) is 7.13. The van der Waals surface area contributed by atoms with Crippen molar-refractivity contribution in [1.29, 1.82) is 0 Å². The number of benzene rings is 1. The average Bonchev–Trinajstić information content (AvgIpc) is 2.13. The summed E-state index contributed by atoms with van der Waals surface area (Å²) in [6.07, 6.45) is -5.23. The molecule has 0 saturated heterocycles. The first-order chi connectivity index (χ1) is 7.16. The molecular formula is C8HCl3F4O. The lowest BCUT2D eigenvalue weighted by Gasteiger charge is -2.10. The maximum absolute atomic E-state index is 13.1. The number of ketones is 1. The molecule has 0 atom stereocenters. The molecule has 0 aromatic heterocycles. The summed E-state index contributed by atoms with van der Waals surface area (Å²) >= 11 is 16.1. The second-order valence-electron chi connectivity index (χ2n) is 2.67. The van der Waals surface area contributed by atoms with Crippen molar-refractivity contribution in [3.05, 3.63) is 32.5 Å². The molecule has 0 bridgehead atoms. The van der Waals surface area contributed by atoms with E-state index in [1.807, 2.05) is 0 Å². The normalized spacial score (nSPS) is 11.7. The van der Waals surface area contributed by atoms with E-state index in [1.54, 1.807) is 0 Å². The van der Waals surface area contributed by atoms with E-state index < -0.39 is 33.4 Å². The van der Waals surface area contributed by atoms with Gasteiger partial charge in [-0.25, -0.2) is 4.39 Å². The quantitative estimate of drug-likeness (QED) is 0.322. The van der Waals surface area contributed by atoms with Gasteiger partial charge in [0.2, 0.25) is 0 Å². The molecule has 0 aliphatic heterocycles. The van der Waals surface area contributed by atoms with Gasteiger partial charge in [-0.3, -0.25) is 4.79 Å². The van der Waals surface area contributed by atoms with Crippen molar-refractivity contribution < 1.29 is 22.4 Å². The molecule has 1 nitrogen and oxygen atoms in total. The Kier molecular flexibility index (Phi) is 3.72. The van der Waals surface area contributed by atoms with Crippen LogP contribution in [0.25, 0.3) is 0 Å². The Labute approximate surface area is 102 Å². The van der Waals surface area contributed by atoms with Crippen molar-refractivity contribution in [2.75, 3.05) is 0 Å². The van der Waals surface area contributed by atoms with Crippen molar-refractivity contribution in [1.82, 2.24) is 0 Å². The van der Waals surface area contributed by atoms with Crippen LogP contribution in [0.3, 0.4) is 0 Å². The molecule has 1 rings (SSSR count). The Bertz CT molecular complexity index is 456. The van der Waals surface area contributed by atoms with E-state index in [0.717, 1.165) is 0 Å². The van der Waals surface area contributed by atoms with Crippen LogP contribution in [0.1, 0.15) is 10.4 Å². The number of Topliss-reactive ketones (excluding diaryl/α,β-unsaturated/α-hetero) is 1. The number of hydrogen-bond donors (Lipinski definition) is 0. The molecular weight excluding hydrogens is 294 g/mol. The summed E-state index contributed by atoms with van der Waals surface area (Å²) in [7, 11) is 0. The van der Waals surface area contributed by atoms with Crippen LogP contribution in [0.5, 0.6) is 0 Å². The molecule has 1 aromatic rings. The highest BCUT2D eigenvalue weighted by Gasteiger charge is 2.42. The molecule has 0 spiro atoms. The molecule has 1 aromatic carbocycles. The van der Waals surface area contributed by atoms with Crippen LogP contribution in [0, 0.1) is 5.82 Å². The van der Waals surface area contributed by atoms with E-state index in [4.69, 9.17) is 34.8 Å². The summed E-state index contributed by atoms with van der Waals surface area (Å²) in [5.41, 5.74) is -1.33. The number of halogens is 7. The minimum atomic E-state index is -5.23. The van der Waals surface area contributed by atoms with Crippen molar-refractivity contribution in [3.63, 3.8) is 0 Å². The van der Waals surface area contributed by atoms with Crippen LogP contribution in [0.2, 0.25) is 15.1 Å². The Morgan fingerprint density at radius 2 is 1.62 bits per heavy atom. The average molecular weight is 295 g/mol. The summed E-state index contributed by atoms with van der Waals surface area (Å²) in [6.45, 7) is 0. The first-order valence-electron chi connectivity index (χ1n) is 3.60. The third-order valence-corrected chi connectivity index (χ3v) is 2.86. The first-order valence-corrected chi connectivity index (χ1v) is 4.74. The van der Waals surface area contributed by atoms with Gasteiger partial charge in [-0.2, -0.15) is 13.2 Å². The fourth-order valence-corrected chi connectivity index (χ4v) is 1.58. The summed E-state index contributed by atoms with van der Waals surface area (Å²) in [4.78, 5) is 10.8. The monoisotopic (exact) mass is 294 g/mol. The van der Waals surface area contributed by atoms with Gasteiger partial charge in [-0.05, 0) is 6.07 Å². The summed E-state index contributed by atoms with van der Waals surface area (Å²) < 4.78 is 49.4. The molecule has 88 valence electrons. The SMILES string of the molecule is O=C(c1c(F)cc(Cl)c(Cl)c1Cl)C(F)(F)F. The number of carbonyl (C=O) groups excluding carboxylic acids is 1. The second-order valence-corrected chi connectivity index (χ2v) is 3.83. The van der Waals surface area contributed by atoms with Gasteiger partial charge in [0, 0.05) is 0 Å². The zero-order chi connectivity index (χ0) is 12.7. The minimum absolute atomic E-state index is 0.372. The van der Waals surface area contributed by atoms with E-state index >= 15 is 0 Å². The van der Waals surface area contributed by atoms with E-state index in [0.29, 0.717) is 6.07 Å². The van der Waals surface area contributed by atoms with E-state index in [1.165, 1.54) is 0 Å². The van der Waals surface area contributed by atoms with Crippen LogP contribution in [-0.2, 0) is 0 Å². The van der Waals surface area contributed by atoms with Crippen LogP contribution >= 0.6 is 34.8 Å². The number of alkyl halides is 3. The highest BCUT2D eigenvalue weighted by atomic mass is 35.5. The lowest BCUT2D eigenvalue weighted by Crippen LogP contribution is -2.24. The van der Waals surface area contributed by atoms with Gasteiger partial charge in [0.05, 0.1) is 20.6 Å². The van der Waals surface area contributed by atoms with E-state index in [2.05, 4.69) is 0 Å². The predicted molar refractivity (Wildman–Crippen MR) is 51.8 cm³/mol. The summed E-state index contributed by atoms with van der Waals surface area (Å²) in [6, 6.07) is 0.495. The predicted octanol–water partition coefficient (Wildman–Crippen LogP) is 4.53. The fraction of sp³-hybridized carbons (Fsp3) is 0.125. The van der Waals surface area contributed by atoms with Crippen molar-refractivity contribution in [3.8, 4) is 0 Å². The molecule has 0 unspecified atom stereocenters. The van der Waals surface area contributed by atoms with E-state index in [9.17, 15) is 22.4 Å². The maximum Gasteiger partial charge on any atom is 0.455 e. The smallest absolute Gasteiger partial charge is 0.284 e. The van der Waals surface area contributed by atoms with Gasteiger partial charge < -0.3 is 0 Å². The van der Waals surface area contributed by atoms with Crippen LogP contribution in [-0.4, -0.2) is 12.0 Å². The highest BCUT2D eigenvalue weighted by Crippen LogP contribution is 2.37. The molecule has 16 heavy (non-hydrogen) atoms. The Hall–Kier alpha value is -0.520. The standard InChI is InChI=1S/C8HCl3F4O/c9-2-1-3(12)4(6(11)5(2)10)7(16)8(13,14)15/h1H. The third-order valence-electron chi connectivity index (χ3n) is 1.60. The van der Waals surface area contributed by atoms with Gasteiger partial charge >= 0.3 is 6.18 Å². The molecule has 0 saturated carbocycles. The van der Waals surface area contributed by atoms with Crippen molar-refractivity contribution in [2.45, 2.75) is 6.18 Å². The molecule has 0 N–H and O–H groups in total. The van der Waals surface area contributed by atoms with Gasteiger partial charge in [0.25, 0.3) is 5.78 Å². The van der Waals surface area contributed by atoms with Gasteiger partial charge in [-0.1, -0.05) is 34.8 Å². The van der Waals surface area contributed by atoms with Gasteiger partial charge in [-0.15, -0.1) is 0 Å². The molecule has 8 heteroatoms. The fourth-order valence-electron chi connectivity index (χ4n) is 0.916. The Morgan fingerprint density at radius 1 is 1.12 bits per heavy atom. The van der Waals surface area contributed by atoms with Crippen molar-refractivity contribution >= 4 is 40.6 Å². The van der Waals surface area contributed by atoms with Crippen molar-refractivity contribution in [2.24, 2.45) is 0 Å². The second kappa shape index (κ2) is 4.39. The lowest BCUT2D eigenvalue weighted by molar-refractivity contribution is -0.0887. The number of rotatable bonds is 1. The lowest BCUT2D eigenvalue weighted by atomic mass is 10.1. The molecule has 0 aliphatic carbocycles. The highest BCUT2D eigenvalue weighted by molar-refractivity contribution is 6.49. The summed E-state index contributed by atoms with van der Waals surface area (Å²) in [5.74, 6) is -3.88. The largest absolute Gasteiger partial charge is 0.455 e. The van der Waals surface area contributed by atoms with E-state index in [-0.39, 0.29) is 5.02 Å². The number of hydrogen-bond acceptors (Lipinski definition) is 1. The van der Waals surface area contributed by atoms with Crippen LogP contribution in [0.15, 0.2) is 6.07 Å².